The van der Waals surface area contributed by atoms with Gasteiger partial charge in [0, 0.05) is 121 Å². The number of para-hydroxylation sites is 2. The minimum absolute atomic E-state index is 0.00107. The number of nitrogens with one attached hydrogen (secondary N) is 1. The fourth-order valence-corrected chi connectivity index (χ4v) is 10.3. The average molecular weight is 1240 g/mol. The number of hydrogen-bond acceptors (Lipinski definition) is 9. The Morgan fingerprint density at radius 3 is 1.27 bits per heavy atom. The number of nitrogens with two attached hydrogens (primary N) is 1. The van der Waals surface area contributed by atoms with Gasteiger partial charge in [-0.15, -0.1) is 5.84 Å². The number of likely N-dealkylation sites (tertiary alicyclic amines) is 2. The third kappa shape index (κ3) is 15.6. The summed E-state index contributed by atoms with van der Waals surface area (Å²) in [5, 5.41) is 20.8. The number of hydrogen-bond donors (Lipinski definition) is 3. The Balaban J connectivity index is 0.000000212. The first-order valence-corrected chi connectivity index (χ1v) is 27.4. The van der Waals surface area contributed by atoms with E-state index in [9.17, 15) is 41.8 Å². The second-order valence-electron chi connectivity index (χ2n) is 19.0. The number of carboxylic acids is 1. The molecule has 0 radical (unpaired) electrons. The summed E-state index contributed by atoms with van der Waals surface area (Å²) in [5.74, 6) is -1.24. The van der Waals surface area contributed by atoms with Crippen LogP contribution >= 0.6 is 46.4 Å². The summed E-state index contributed by atoms with van der Waals surface area (Å²) >= 11 is 25.2. The van der Waals surface area contributed by atoms with Crippen LogP contribution < -0.4 is 20.7 Å². The molecule has 4 heterocycles. The lowest BCUT2D eigenvalue weighted by Gasteiger charge is -2.32. The summed E-state index contributed by atoms with van der Waals surface area (Å²) in [6.07, 6.45) is 0.184. The number of halogens is 8. The molecule has 2 fully saturated rings. The fourth-order valence-electron chi connectivity index (χ4n) is 9.63. The van der Waals surface area contributed by atoms with E-state index in [0.29, 0.717) is 85.2 Å². The van der Waals surface area contributed by atoms with Gasteiger partial charge in [-0.05, 0) is 48.5 Å². The molecule has 436 valence electrons. The van der Waals surface area contributed by atoms with E-state index in [2.05, 4.69) is 31.4 Å². The van der Waals surface area contributed by atoms with Crippen LogP contribution in [0.2, 0.25) is 20.1 Å². The van der Waals surface area contributed by atoms with E-state index in [0.717, 1.165) is 36.4 Å². The van der Waals surface area contributed by atoms with Gasteiger partial charge in [0.15, 0.2) is 11.4 Å². The zero-order valence-corrected chi connectivity index (χ0v) is 47.5. The van der Waals surface area contributed by atoms with E-state index in [1.807, 2.05) is 0 Å². The third-order valence-corrected chi connectivity index (χ3v) is 14.5. The average Bonchev–Trinajstić information content (AvgIpc) is 2.08. The molecule has 0 saturated carbocycles. The van der Waals surface area contributed by atoms with Crippen molar-refractivity contribution >= 4 is 70.1 Å². The standard InChI is InChI=1S/C30H23Cl2F2N5O3.C29H23Cl2F2N3O4.CH2N2/c1-35-36-27(40)17-24-28(30(41)38-12-10-22(11-13-38)42-23-15-20(33)14-21(34)16-23)37-39(26-5-3-2-4-25(26)32)29(24)18-6-8-19(31)9-7-18;30-18-7-5-17(6-8-18)28-23(16-26(37)38)27(34-36(28)25-4-2-1-3-24(25)31)29(39)35-11-9-21(10-12-35)40-22-14-19(32)13-20(33)15-22;1-3-2/h2-9,14-16,22H,10-13,17H2,(H,36,40);1-8,13-15,21H,9-12,16H2,(H,37,38);2H2. The molecule has 0 aliphatic carbocycles. The number of carbonyl (C=O) groups is 4. The Morgan fingerprint density at radius 1 is 0.576 bits per heavy atom. The van der Waals surface area contributed by atoms with Gasteiger partial charge in [0.05, 0.1) is 45.6 Å². The molecule has 0 atom stereocenters. The van der Waals surface area contributed by atoms with Gasteiger partial charge < -0.3 is 24.4 Å². The van der Waals surface area contributed by atoms with Crippen molar-refractivity contribution in [1.29, 1.82) is 0 Å². The van der Waals surface area contributed by atoms with Crippen LogP contribution in [0, 0.1) is 36.4 Å². The highest BCUT2D eigenvalue weighted by atomic mass is 35.5. The van der Waals surface area contributed by atoms with Crippen molar-refractivity contribution in [2.45, 2.75) is 50.7 Å². The molecule has 10 rings (SSSR count). The summed E-state index contributed by atoms with van der Waals surface area (Å²) < 4.78 is 68.8. The van der Waals surface area contributed by atoms with Crippen LogP contribution in [0.15, 0.2) is 133 Å². The van der Waals surface area contributed by atoms with Crippen molar-refractivity contribution in [3.63, 3.8) is 0 Å². The molecule has 25 heteroatoms. The Hall–Kier alpha value is -9.12. The van der Waals surface area contributed by atoms with Crippen molar-refractivity contribution in [3.8, 4) is 45.4 Å². The summed E-state index contributed by atoms with van der Waals surface area (Å²) in [5.41, 5.74) is 5.78. The lowest BCUT2D eigenvalue weighted by Crippen LogP contribution is -2.42. The number of benzene rings is 6. The van der Waals surface area contributed by atoms with Gasteiger partial charge in [-0.1, -0.05) is 100 Å². The van der Waals surface area contributed by atoms with Crippen molar-refractivity contribution in [1.82, 2.24) is 34.8 Å². The molecule has 2 saturated heterocycles. The van der Waals surface area contributed by atoms with Gasteiger partial charge >= 0.3 is 5.97 Å². The summed E-state index contributed by atoms with van der Waals surface area (Å²) in [7, 11) is 0. The minimum Gasteiger partial charge on any atom is -0.490 e. The van der Waals surface area contributed by atoms with Crippen LogP contribution in [0.25, 0.3) is 43.8 Å². The predicted octanol–water partition coefficient (Wildman–Crippen LogP) is 12.5. The maximum atomic E-state index is 13.9. The van der Waals surface area contributed by atoms with Crippen LogP contribution in [-0.4, -0.2) is 96.5 Å². The van der Waals surface area contributed by atoms with Gasteiger partial charge in [-0.2, -0.15) is 33.2 Å². The molecule has 17 nitrogen and oxygen atoms in total. The van der Waals surface area contributed by atoms with E-state index in [-0.39, 0.29) is 73.3 Å². The van der Waals surface area contributed by atoms with E-state index in [1.54, 1.807) is 107 Å². The summed E-state index contributed by atoms with van der Waals surface area (Å²) in [6, 6.07) is 33.5. The molecule has 3 amide bonds. The number of aliphatic carboxylic acids is 1. The van der Waals surface area contributed by atoms with Crippen molar-refractivity contribution in [2.75, 3.05) is 26.2 Å². The van der Waals surface area contributed by atoms with Crippen LogP contribution in [0.3, 0.4) is 0 Å². The van der Waals surface area contributed by atoms with Gasteiger partial charge in [-0.25, -0.2) is 26.9 Å². The number of aromatic nitrogens is 4. The van der Waals surface area contributed by atoms with Crippen molar-refractivity contribution < 1.29 is 51.3 Å². The Morgan fingerprint density at radius 2 is 0.929 bits per heavy atom. The lowest BCUT2D eigenvalue weighted by atomic mass is 10.0. The summed E-state index contributed by atoms with van der Waals surface area (Å²) in [6.45, 7) is 13.8. The Labute approximate surface area is 504 Å². The summed E-state index contributed by atoms with van der Waals surface area (Å²) in [4.78, 5) is 60.7. The molecule has 85 heavy (non-hydrogen) atoms. The number of rotatable bonds is 14. The lowest BCUT2D eigenvalue weighted by molar-refractivity contribution is -0.136. The first-order chi connectivity index (χ1) is 40.8. The maximum Gasteiger partial charge on any atom is 0.307 e. The van der Waals surface area contributed by atoms with E-state index >= 15 is 0 Å². The van der Waals surface area contributed by atoms with Gasteiger partial charge in [0.1, 0.15) is 47.0 Å². The smallest absolute Gasteiger partial charge is 0.307 e. The normalized spacial score (nSPS) is 13.2. The van der Waals surface area contributed by atoms with Gasteiger partial charge in [-0.3, -0.25) is 19.2 Å². The maximum absolute atomic E-state index is 13.9. The third-order valence-electron chi connectivity index (χ3n) is 13.4. The molecular formula is C60H48Cl4F4N10O7. The monoisotopic (exact) mass is 1240 g/mol. The fraction of sp³-hybridized carbons (Fsp3) is 0.200. The SMILES string of the molecule is O=C(O)Cc1c(C(=O)N2CCC(Oc3cc(F)cc(F)c3)CC2)nn(-c2ccccc2Cl)c1-c1ccc(Cl)cc1.[C-]#[N+]N.[C-]#[N+]NC(=O)Cc1c(C(=O)N2CCC(Oc3cc(F)cc(F)c3)CC2)nn(-c2ccccc2Cl)c1-c1ccc(Cl)cc1. The van der Waals surface area contributed by atoms with Gasteiger partial charge in [0.2, 0.25) is 0 Å². The molecule has 0 bridgehead atoms. The molecule has 2 aromatic heterocycles. The second kappa shape index (κ2) is 28.4. The van der Waals surface area contributed by atoms with Crippen LogP contribution in [0.4, 0.5) is 17.6 Å². The topological polar surface area (TPSA) is 196 Å². The first-order valence-electron chi connectivity index (χ1n) is 25.9. The quantitative estimate of drug-likeness (QED) is 0.0408. The number of nitrogens with zero attached hydrogens (tertiary/aromatic N) is 8. The first kappa shape index (κ1) is 61.9. The molecular weight excluding hydrogens is 1190 g/mol. The number of amides is 3. The highest BCUT2D eigenvalue weighted by Gasteiger charge is 2.35. The number of carboxylic acid groups (broad SMARTS) is 1. The molecule has 2 aliphatic heterocycles. The largest absolute Gasteiger partial charge is 0.490 e. The second-order valence-corrected chi connectivity index (χ2v) is 20.7. The van der Waals surface area contributed by atoms with Crippen LogP contribution in [0.5, 0.6) is 11.5 Å². The Bertz CT molecular complexity index is 3800. The zero-order chi connectivity index (χ0) is 60.9. The van der Waals surface area contributed by atoms with E-state index in [4.69, 9.17) is 69.0 Å². The van der Waals surface area contributed by atoms with Crippen molar-refractivity contribution in [3.05, 3.63) is 222 Å². The van der Waals surface area contributed by atoms with Gasteiger partial charge in [0.25, 0.3) is 17.7 Å². The van der Waals surface area contributed by atoms with Crippen molar-refractivity contribution in [2.24, 2.45) is 5.84 Å². The molecule has 6 aromatic carbocycles. The van der Waals surface area contributed by atoms with E-state index in [1.165, 1.54) is 9.36 Å². The molecule has 2 aliphatic rings. The number of ether oxygens (including phenoxy) is 2. The molecule has 0 unspecified atom stereocenters. The highest BCUT2D eigenvalue weighted by Crippen LogP contribution is 2.37. The molecule has 4 N–H and O–H groups in total. The van der Waals surface area contributed by atoms with Crippen LogP contribution in [0.1, 0.15) is 57.8 Å². The van der Waals surface area contributed by atoms with E-state index < -0.39 is 53.4 Å². The predicted molar refractivity (Wildman–Crippen MR) is 310 cm³/mol. The highest BCUT2D eigenvalue weighted by molar-refractivity contribution is 6.33. The van der Waals surface area contributed by atoms with Crippen LogP contribution in [-0.2, 0) is 22.4 Å². The molecule has 8 aromatic rings. The Kier molecular flexibility index (Phi) is 20.7. The number of carbonyl (C=O) groups excluding carboxylic acids is 3. The zero-order valence-electron chi connectivity index (χ0n) is 44.5. The molecule has 0 spiro atoms. The minimum atomic E-state index is -1.13. The number of piperidine rings is 2.